The number of rotatable bonds is 13. The number of aryl methyl sites for hydroxylation is 1. The fourth-order valence-corrected chi connectivity index (χ4v) is 6.59. The zero-order valence-corrected chi connectivity index (χ0v) is 28.9. The number of sulfonamides is 1. The molecule has 2 amide bonds. The highest BCUT2D eigenvalue weighted by atomic mass is 32.2. The molecule has 0 unspecified atom stereocenters. The van der Waals surface area contributed by atoms with Crippen LogP contribution in [-0.4, -0.2) is 57.5 Å². The monoisotopic (exact) mass is 675 g/mol. The molecule has 4 rings (SSSR count). The van der Waals surface area contributed by atoms with Gasteiger partial charge in [0, 0.05) is 30.1 Å². The molecule has 0 aliphatic carbocycles. The van der Waals surface area contributed by atoms with Crippen molar-refractivity contribution >= 4 is 27.5 Å². The van der Waals surface area contributed by atoms with Crippen LogP contribution in [0.5, 0.6) is 11.5 Å². The summed E-state index contributed by atoms with van der Waals surface area (Å²) in [5.74, 6) is -1.19. The molecule has 254 valence electrons. The van der Waals surface area contributed by atoms with Gasteiger partial charge in [0.05, 0.1) is 24.8 Å². The number of ether oxygens (including phenoxy) is 2. The lowest BCUT2D eigenvalue weighted by Crippen LogP contribution is -2.56. The van der Waals surface area contributed by atoms with Crippen molar-refractivity contribution in [2.45, 2.75) is 57.1 Å². The number of hydrogen-bond acceptors (Lipinski definition) is 6. The average molecular weight is 676 g/mol. The summed E-state index contributed by atoms with van der Waals surface area (Å²) < 4.78 is 55.5. The van der Waals surface area contributed by atoms with Gasteiger partial charge in [-0.3, -0.25) is 13.9 Å². The van der Waals surface area contributed by atoms with Crippen molar-refractivity contribution in [3.05, 3.63) is 120 Å². The highest BCUT2D eigenvalue weighted by Crippen LogP contribution is 2.32. The molecule has 0 radical (unpaired) electrons. The molecule has 0 aliphatic rings. The molecular formula is C37H42FN3O6S. The van der Waals surface area contributed by atoms with E-state index < -0.39 is 45.8 Å². The molecule has 9 nitrogen and oxygen atoms in total. The second-order valence-electron chi connectivity index (χ2n) is 12.4. The number of halogens is 1. The molecule has 0 spiro atoms. The third kappa shape index (κ3) is 8.92. The third-order valence-corrected chi connectivity index (χ3v) is 9.38. The van der Waals surface area contributed by atoms with Gasteiger partial charge < -0.3 is 19.7 Å². The molecule has 1 N–H and O–H groups in total. The topological polar surface area (TPSA) is 105 Å². The maximum absolute atomic E-state index is 15.1. The summed E-state index contributed by atoms with van der Waals surface area (Å²) in [4.78, 5) is 29.7. The minimum Gasteiger partial charge on any atom is -0.493 e. The Kier molecular flexibility index (Phi) is 11.5. The zero-order chi connectivity index (χ0) is 35.1. The summed E-state index contributed by atoms with van der Waals surface area (Å²) in [6.07, 6.45) is 0.107. The van der Waals surface area contributed by atoms with E-state index in [1.807, 2.05) is 58.0 Å². The predicted molar refractivity (Wildman–Crippen MR) is 184 cm³/mol. The SMILES string of the molecule is COc1ccc(S(=O)(=O)N(CC(=O)N(Cc2ccccc2F)[C@@H](Cc2ccccc2)C(=O)NC(C)(C)C)c2ccc(C)cc2)cc1OC. The Morgan fingerprint density at radius 1 is 0.854 bits per heavy atom. The van der Waals surface area contributed by atoms with Gasteiger partial charge in [-0.25, -0.2) is 12.8 Å². The molecule has 0 fully saturated rings. The average Bonchev–Trinajstić information content (AvgIpc) is 3.05. The van der Waals surface area contributed by atoms with Crippen molar-refractivity contribution in [1.82, 2.24) is 10.2 Å². The highest BCUT2D eigenvalue weighted by Gasteiger charge is 2.36. The molecule has 0 saturated heterocycles. The highest BCUT2D eigenvalue weighted by molar-refractivity contribution is 7.92. The summed E-state index contributed by atoms with van der Waals surface area (Å²) in [5.41, 5.74) is 1.41. The van der Waals surface area contributed by atoms with Crippen LogP contribution >= 0.6 is 0 Å². The Hall–Kier alpha value is -4.90. The van der Waals surface area contributed by atoms with Crippen molar-refractivity contribution in [1.29, 1.82) is 0 Å². The van der Waals surface area contributed by atoms with Crippen LogP contribution in [0.4, 0.5) is 10.1 Å². The first-order chi connectivity index (χ1) is 22.7. The van der Waals surface area contributed by atoms with E-state index in [4.69, 9.17) is 9.47 Å². The minimum atomic E-state index is -4.39. The van der Waals surface area contributed by atoms with Crippen LogP contribution in [0.3, 0.4) is 0 Å². The molecule has 0 bridgehead atoms. The van der Waals surface area contributed by atoms with Crippen molar-refractivity contribution in [2.24, 2.45) is 0 Å². The number of amides is 2. The third-order valence-electron chi connectivity index (χ3n) is 7.61. The van der Waals surface area contributed by atoms with Gasteiger partial charge in [-0.05, 0) is 63.6 Å². The molecule has 0 aliphatic heterocycles. The number of nitrogens with one attached hydrogen (secondary N) is 1. The normalized spacial score (nSPS) is 12.1. The lowest BCUT2D eigenvalue weighted by Gasteiger charge is -2.35. The fourth-order valence-electron chi connectivity index (χ4n) is 5.16. The van der Waals surface area contributed by atoms with Crippen molar-refractivity contribution < 1.29 is 31.9 Å². The van der Waals surface area contributed by atoms with Gasteiger partial charge in [0.25, 0.3) is 10.0 Å². The molecule has 0 aromatic heterocycles. The fraction of sp³-hybridized carbons (Fsp3) is 0.297. The summed E-state index contributed by atoms with van der Waals surface area (Å²) in [7, 11) is -1.56. The van der Waals surface area contributed by atoms with E-state index in [9.17, 15) is 18.0 Å². The number of anilines is 1. The summed E-state index contributed by atoms with van der Waals surface area (Å²) in [6.45, 7) is 6.37. The molecular weight excluding hydrogens is 633 g/mol. The number of benzene rings is 4. The van der Waals surface area contributed by atoms with E-state index in [2.05, 4.69) is 5.32 Å². The summed E-state index contributed by atoms with van der Waals surface area (Å²) in [6, 6.07) is 24.9. The molecule has 0 saturated carbocycles. The van der Waals surface area contributed by atoms with Crippen LogP contribution in [0.1, 0.15) is 37.5 Å². The van der Waals surface area contributed by atoms with E-state index in [0.29, 0.717) is 5.75 Å². The molecule has 48 heavy (non-hydrogen) atoms. The van der Waals surface area contributed by atoms with Crippen LogP contribution in [0.15, 0.2) is 102 Å². The maximum Gasteiger partial charge on any atom is 0.264 e. The van der Waals surface area contributed by atoms with Gasteiger partial charge in [0.1, 0.15) is 18.4 Å². The van der Waals surface area contributed by atoms with Gasteiger partial charge in [0.15, 0.2) is 11.5 Å². The smallest absolute Gasteiger partial charge is 0.264 e. The molecule has 4 aromatic carbocycles. The Labute approximate surface area is 282 Å². The van der Waals surface area contributed by atoms with Gasteiger partial charge in [-0.2, -0.15) is 0 Å². The van der Waals surface area contributed by atoms with Gasteiger partial charge in [-0.15, -0.1) is 0 Å². The van der Waals surface area contributed by atoms with Gasteiger partial charge in [-0.1, -0.05) is 66.2 Å². The molecule has 0 heterocycles. The zero-order valence-electron chi connectivity index (χ0n) is 28.1. The summed E-state index contributed by atoms with van der Waals surface area (Å²) in [5, 5.41) is 2.96. The lowest BCUT2D eigenvalue weighted by atomic mass is 10.0. The van der Waals surface area contributed by atoms with Crippen LogP contribution in [-0.2, 0) is 32.6 Å². The first-order valence-corrected chi connectivity index (χ1v) is 16.9. The first kappa shape index (κ1) is 35.9. The van der Waals surface area contributed by atoms with Crippen molar-refractivity contribution in [3.8, 4) is 11.5 Å². The summed E-state index contributed by atoms with van der Waals surface area (Å²) >= 11 is 0. The Balaban J connectivity index is 1.85. The number of nitrogens with zero attached hydrogens (tertiary/aromatic N) is 2. The molecule has 4 aromatic rings. The number of carbonyl (C=O) groups is 2. The quantitative estimate of drug-likeness (QED) is 0.189. The number of methoxy groups -OCH3 is 2. The lowest BCUT2D eigenvalue weighted by molar-refractivity contribution is -0.140. The molecule has 1 atom stereocenters. The Morgan fingerprint density at radius 3 is 2.08 bits per heavy atom. The number of carbonyl (C=O) groups excluding carboxylic acids is 2. The van der Waals surface area contributed by atoms with Crippen molar-refractivity contribution in [2.75, 3.05) is 25.1 Å². The molecule has 11 heteroatoms. The Bertz CT molecular complexity index is 1830. The minimum absolute atomic E-state index is 0.107. The second kappa shape index (κ2) is 15.3. The van der Waals surface area contributed by atoms with E-state index in [1.54, 1.807) is 30.3 Å². The standard InChI is InChI=1S/C37H42FN3O6S/c1-26-16-18-29(19-17-26)41(48(44,45)30-20-21-33(46-5)34(23-30)47-6)25-35(42)40(24-28-14-10-11-15-31(28)38)32(36(43)39-37(2,3)4)22-27-12-8-7-9-13-27/h7-21,23,32H,22,24-25H2,1-6H3,(H,39,43)/t32-/m0/s1. The predicted octanol–water partition coefficient (Wildman–Crippen LogP) is 5.90. The van der Waals surface area contributed by atoms with E-state index in [-0.39, 0.29) is 34.9 Å². The first-order valence-electron chi connectivity index (χ1n) is 15.4. The maximum atomic E-state index is 15.1. The largest absolute Gasteiger partial charge is 0.493 e. The van der Waals surface area contributed by atoms with Gasteiger partial charge in [0.2, 0.25) is 11.8 Å². The van der Waals surface area contributed by atoms with Crippen LogP contribution in [0.25, 0.3) is 0 Å². The Morgan fingerprint density at radius 2 is 1.48 bits per heavy atom. The number of hydrogen-bond donors (Lipinski definition) is 1. The second-order valence-corrected chi connectivity index (χ2v) is 14.3. The van der Waals surface area contributed by atoms with E-state index in [1.165, 1.54) is 55.5 Å². The van der Waals surface area contributed by atoms with Crippen LogP contribution in [0.2, 0.25) is 0 Å². The van der Waals surface area contributed by atoms with E-state index >= 15 is 4.39 Å². The van der Waals surface area contributed by atoms with Crippen molar-refractivity contribution in [3.63, 3.8) is 0 Å². The van der Waals surface area contributed by atoms with Gasteiger partial charge >= 0.3 is 0 Å². The van der Waals surface area contributed by atoms with Crippen LogP contribution in [0, 0.1) is 12.7 Å². The van der Waals surface area contributed by atoms with Crippen LogP contribution < -0.4 is 19.1 Å². The van der Waals surface area contributed by atoms with E-state index in [0.717, 1.165) is 15.4 Å².